The first kappa shape index (κ1) is 28.5. The standard InChI is InChI=1S/C22H39N5O2.HI/c1-7-23-22(25-12-9-15-27(17(2)3)18(4)5)26-14-13-24-21(28)19-10-8-11-20(16-19)29-6;/h8,10-11,16-18H,7,9,12-15H2,1-6H3,(H,24,28)(H2,23,25,26);1H. The molecule has 8 heteroatoms. The number of amides is 1. The molecule has 0 atom stereocenters. The van der Waals surface area contributed by atoms with Gasteiger partial charge in [0.25, 0.3) is 5.91 Å². The number of nitrogens with zero attached hydrogens (tertiary/aromatic N) is 2. The molecule has 0 radical (unpaired) electrons. The minimum absolute atomic E-state index is 0. The first-order valence-electron chi connectivity index (χ1n) is 10.6. The highest BCUT2D eigenvalue weighted by Crippen LogP contribution is 2.12. The Hall–Kier alpha value is -1.55. The van der Waals surface area contributed by atoms with E-state index in [-0.39, 0.29) is 29.9 Å². The summed E-state index contributed by atoms with van der Waals surface area (Å²) in [5.74, 6) is 1.34. The molecular formula is C22H40IN5O2. The number of hydrogen-bond donors (Lipinski definition) is 3. The minimum Gasteiger partial charge on any atom is -0.497 e. The highest BCUT2D eigenvalue weighted by Gasteiger charge is 2.12. The van der Waals surface area contributed by atoms with E-state index in [9.17, 15) is 4.79 Å². The average molecular weight is 533 g/mol. The molecule has 172 valence electrons. The summed E-state index contributed by atoms with van der Waals surface area (Å²) < 4.78 is 5.16. The third kappa shape index (κ3) is 11.0. The number of nitrogens with one attached hydrogen (secondary N) is 3. The molecule has 1 aromatic rings. The number of ether oxygens (including phenoxy) is 1. The van der Waals surface area contributed by atoms with Gasteiger partial charge in [-0.3, -0.25) is 14.7 Å². The van der Waals surface area contributed by atoms with Crippen molar-refractivity contribution in [2.24, 2.45) is 4.99 Å². The zero-order valence-corrected chi connectivity index (χ0v) is 21.7. The van der Waals surface area contributed by atoms with E-state index in [1.54, 1.807) is 19.2 Å². The van der Waals surface area contributed by atoms with Crippen LogP contribution in [0.1, 0.15) is 51.4 Å². The van der Waals surface area contributed by atoms with Crippen LogP contribution in [0.5, 0.6) is 5.75 Å². The fraction of sp³-hybridized carbons (Fsp3) is 0.636. The second kappa shape index (κ2) is 16.2. The Bertz CT molecular complexity index is 630. The van der Waals surface area contributed by atoms with Crippen LogP contribution in [0.4, 0.5) is 0 Å². The van der Waals surface area contributed by atoms with E-state index in [0.29, 0.717) is 36.5 Å². The average Bonchev–Trinajstić information content (AvgIpc) is 2.70. The summed E-state index contributed by atoms with van der Waals surface area (Å²) in [5.41, 5.74) is 0.588. The molecule has 0 aromatic heterocycles. The SMILES string of the molecule is CCNC(=NCCCN(C(C)C)C(C)C)NCCNC(=O)c1cccc(OC)c1.I. The van der Waals surface area contributed by atoms with Crippen molar-refractivity contribution < 1.29 is 9.53 Å². The van der Waals surface area contributed by atoms with Gasteiger partial charge in [-0.1, -0.05) is 6.07 Å². The van der Waals surface area contributed by atoms with Crippen molar-refractivity contribution in [3.8, 4) is 5.75 Å². The van der Waals surface area contributed by atoms with Gasteiger partial charge >= 0.3 is 0 Å². The number of carbonyl (C=O) groups excluding carboxylic acids is 1. The summed E-state index contributed by atoms with van der Waals surface area (Å²) in [7, 11) is 1.59. The summed E-state index contributed by atoms with van der Waals surface area (Å²) in [4.78, 5) is 19.3. The van der Waals surface area contributed by atoms with Gasteiger partial charge in [0.2, 0.25) is 0 Å². The maximum Gasteiger partial charge on any atom is 0.251 e. The van der Waals surface area contributed by atoms with Gasteiger partial charge in [-0.2, -0.15) is 0 Å². The predicted octanol–water partition coefficient (Wildman–Crippen LogP) is 3.11. The van der Waals surface area contributed by atoms with E-state index < -0.39 is 0 Å². The maximum absolute atomic E-state index is 12.2. The number of guanidine groups is 1. The van der Waals surface area contributed by atoms with Crippen LogP contribution < -0.4 is 20.7 Å². The number of methoxy groups -OCH3 is 1. The van der Waals surface area contributed by atoms with Gasteiger partial charge in [0.1, 0.15) is 5.75 Å². The van der Waals surface area contributed by atoms with Gasteiger partial charge < -0.3 is 20.7 Å². The minimum atomic E-state index is -0.116. The Labute approximate surface area is 199 Å². The van der Waals surface area contributed by atoms with Crippen molar-refractivity contribution in [3.63, 3.8) is 0 Å². The summed E-state index contributed by atoms with van der Waals surface area (Å²) >= 11 is 0. The molecule has 0 bridgehead atoms. The summed E-state index contributed by atoms with van der Waals surface area (Å²) in [6.07, 6.45) is 1.01. The van der Waals surface area contributed by atoms with E-state index in [4.69, 9.17) is 4.74 Å². The monoisotopic (exact) mass is 533 g/mol. The third-order valence-electron chi connectivity index (χ3n) is 4.55. The van der Waals surface area contributed by atoms with Gasteiger partial charge in [-0.05, 0) is 59.2 Å². The van der Waals surface area contributed by atoms with Crippen LogP contribution in [0.2, 0.25) is 0 Å². The molecule has 0 saturated heterocycles. The zero-order valence-electron chi connectivity index (χ0n) is 19.3. The summed E-state index contributed by atoms with van der Waals surface area (Å²) in [6.45, 7) is 14.7. The molecule has 0 saturated carbocycles. The molecule has 0 aliphatic heterocycles. The Balaban J connectivity index is 0.00000841. The number of carbonyl (C=O) groups is 1. The molecule has 7 nitrogen and oxygen atoms in total. The molecule has 3 N–H and O–H groups in total. The van der Waals surface area contributed by atoms with Crippen LogP contribution in [-0.2, 0) is 0 Å². The highest BCUT2D eigenvalue weighted by atomic mass is 127. The van der Waals surface area contributed by atoms with Gasteiger partial charge in [0, 0.05) is 50.4 Å². The molecule has 0 fully saturated rings. The van der Waals surface area contributed by atoms with E-state index in [1.165, 1.54) is 0 Å². The van der Waals surface area contributed by atoms with E-state index >= 15 is 0 Å². The third-order valence-corrected chi connectivity index (χ3v) is 4.55. The molecule has 1 amide bonds. The molecule has 0 aliphatic carbocycles. The fourth-order valence-electron chi connectivity index (χ4n) is 3.12. The Morgan fingerprint density at radius 3 is 2.37 bits per heavy atom. The van der Waals surface area contributed by atoms with Crippen molar-refractivity contribution in [3.05, 3.63) is 29.8 Å². The van der Waals surface area contributed by atoms with Crippen LogP contribution in [0.15, 0.2) is 29.3 Å². The number of halogens is 1. The van der Waals surface area contributed by atoms with Crippen molar-refractivity contribution in [2.75, 3.05) is 39.8 Å². The molecule has 0 heterocycles. The molecule has 0 unspecified atom stereocenters. The lowest BCUT2D eigenvalue weighted by atomic mass is 10.2. The topological polar surface area (TPSA) is 78.0 Å². The first-order chi connectivity index (χ1) is 13.9. The normalized spacial score (nSPS) is 11.4. The van der Waals surface area contributed by atoms with Gasteiger partial charge in [-0.25, -0.2) is 0 Å². The zero-order chi connectivity index (χ0) is 21.6. The molecule has 0 spiro atoms. The smallest absolute Gasteiger partial charge is 0.251 e. The number of benzene rings is 1. The quantitative estimate of drug-likeness (QED) is 0.167. The first-order valence-corrected chi connectivity index (χ1v) is 10.6. The maximum atomic E-state index is 12.2. The molecule has 30 heavy (non-hydrogen) atoms. The Kier molecular flexibility index (Phi) is 15.3. The lowest BCUT2D eigenvalue weighted by molar-refractivity contribution is 0.0954. The lowest BCUT2D eigenvalue weighted by Gasteiger charge is -2.30. The predicted molar refractivity (Wildman–Crippen MR) is 136 cm³/mol. The van der Waals surface area contributed by atoms with Gasteiger partial charge in [0.15, 0.2) is 5.96 Å². The van der Waals surface area contributed by atoms with E-state index in [0.717, 1.165) is 32.0 Å². The van der Waals surface area contributed by atoms with Crippen molar-refractivity contribution in [2.45, 2.75) is 53.1 Å². The highest BCUT2D eigenvalue weighted by molar-refractivity contribution is 14.0. The Morgan fingerprint density at radius 2 is 1.77 bits per heavy atom. The van der Waals surface area contributed by atoms with Crippen LogP contribution >= 0.6 is 24.0 Å². The molecule has 0 aliphatic rings. The van der Waals surface area contributed by atoms with E-state index in [1.807, 2.05) is 19.1 Å². The van der Waals surface area contributed by atoms with Crippen molar-refractivity contribution >= 4 is 35.8 Å². The lowest BCUT2D eigenvalue weighted by Crippen LogP contribution is -2.42. The van der Waals surface area contributed by atoms with Crippen molar-refractivity contribution in [1.82, 2.24) is 20.9 Å². The fourth-order valence-corrected chi connectivity index (χ4v) is 3.12. The van der Waals surface area contributed by atoms with Crippen LogP contribution in [0, 0.1) is 0 Å². The van der Waals surface area contributed by atoms with E-state index in [2.05, 4.69) is 53.5 Å². The second-order valence-electron chi connectivity index (χ2n) is 7.45. The number of hydrogen-bond acceptors (Lipinski definition) is 4. The largest absolute Gasteiger partial charge is 0.497 e. The molecular weight excluding hydrogens is 493 g/mol. The number of aliphatic imine (C=N–C) groups is 1. The number of rotatable bonds is 12. The van der Waals surface area contributed by atoms with Gasteiger partial charge in [-0.15, -0.1) is 24.0 Å². The van der Waals surface area contributed by atoms with Crippen molar-refractivity contribution in [1.29, 1.82) is 0 Å². The Morgan fingerprint density at radius 1 is 1.10 bits per heavy atom. The summed E-state index contributed by atoms with van der Waals surface area (Å²) in [5, 5.41) is 9.43. The van der Waals surface area contributed by atoms with Crippen LogP contribution in [0.25, 0.3) is 0 Å². The van der Waals surface area contributed by atoms with Gasteiger partial charge in [0.05, 0.1) is 7.11 Å². The second-order valence-corrected chi connectivity index (χ2v) is 7.45. The van der Waals surface area contributed by atoms with Crippen LogP contribution in [0.3, 0.4) is 0 Å². The molecule has 1 rings (SSSR count). The summed E-state index contributed by atoms with van der Waals surface area (Å²) in [6, 6.07) is 8.21. The van der Waals surface area contributed by atoms with Crippen LogP contribution in [-0.4, -0.2) is 68.7 Å². The molecule has 1 aromatic carbocycles.